The summed E-state index contributed by atoms with van der Waals surface area (Å²) in [6, 6.07) is 26.4. The van der Waals surface area contributed by atoms with Gasteiger partial charge in [0.15, 0.2) is 5.54 Å². The molecule has 5 nitrogen and oxygen atoms in total. The number of nitrogens with one attached hydrogen (secondary N) is 1. The van der Waals surface area contributed by atoms with Gasteiger partial charge in [-0.1, -0.05) is 60.7 Å². The van der Waals surface area contributed by atoms with E-state index >= 15 is 0 Å². The summed E-state index contributed by atoms with van der Waals surface area (Å²) >= 11 is 0. The van der Waals surface area contributed by atoms with Gasteiger partial charge in [0, 0.05) is 11.2 Å². The van der Waals surface area contributed by atoms with Crippen LogP contribution in [0.3, 0.4) is 0 Å². The van der Waals surface area contributed by atoms with Gasteiger partial charge in [-0.25, -0.2) is 0 Å². The first kappa shape index (κ1) is 22.3. The second kappa shape index (κ2) is 8.58. The van der Waals surface area contributed by atoms with Gasteiger partial charge in [-0.2, -0.15) is 0 Å². The molecular formula is C28H28N2O3. The Bertz CT molecular complexity index is 1180. The summed E-state index contributed by atoms with van der Waals surface area (Å²) < 4.78 is 5.28. The van der Waals surface area contributed by atoms with Gasteiger partial charge in [0.25, 0.3) is 11.8 Å². The molecule has 0 aromatic heterocycles. The lowest BCUT2D eigenvalue weighted by Crippen LogP contribution is -2.50. The molecule has 0 bridgehead atoms. The van der Waals surface area contributed by atoms with E-state index in [1.807, 2.05) is 112 Å². The van der Waals surface area contributed by atoms with Crippen LogP contribution in [-0.2, 0) is 15.1 Å². The number of imide groups is 1. The Morgan fingerprint density at radius 2 is 1.42 bits per heavy atom. The van der Waals surface area contributed by atoms with Crippen LogP contribution in [0.5, 0.6) is 5.75 Å². The first-order chi connectivity index (χ1) is 15.8. The Morgan fingerprint density at radius 1 is 0.848 bits per heavy atom. The van der Waals surface area contributed by atoms with Crippen molar-refractivity contribution in [1.29, 1.82) is 0 Å². The Labute approximate surface area is 194 Å². The highest BCUT2D eigenvalue weighted by molar-refractivity contribution is 6.23. The molecule has 4 rings (SSSR count). The lowest BCUT2D eigenvalue weighted by molar-refractivity contribution is -0.144. The van der Waals surface area contributed by atoms with Crippen LogP contribution in [-0.4, -0.2) is 29.4 Å². The normalized spacial score (nSPS) is 19.8. The molecule has 0 radical (unpaired) electrons. The third-order valence-electron chi connectivity index (χ3n) is 5.77. The molecule has 1 fully saturated rings. The van der Waals surface area contributed by atoms with Crippen LogP contribution in [0.1, 0.15) is 31.9 Å². The Kier molecular flexibility index (Phi) is 5.81. The number of rotatable bonds is 5. The molecule has 1 aliphatic heterocycles. The lowest BCUT2D eigenvalue weighted by Gasteiger charge is -2.34. The van der Waals surface area contributed by atoms with Gasteiger partial charge in [-0.15, -0.1) is 0 Å². The quantitative estimate of drug-likeness (QED) is 0.435. The highest BCUT2D eigenvalue weighted by Crippen LogP contribution is 2.45. The monoisotopic (exact) mass is 440 g/mol. The van der Waals surface area contributed by atoms with Crippen LogP contribution in [0.15, 0.2) is 90.5 Å². The molecule has 0 spiro atoms. The number of benzene rings is 3. The van der Waals surface area contributed by atoms with Gasteiger partial charge in [0.05, 0.1) is 12.7 Å². The highest BCUT2D eigenvalue weighted by Gasteiger charge is 2.59. The molecule has 2 amide bonds. The van der Waals surface area contributed by atoms with E-state index in [1.165, 1.54) is 4.90 Å². The molecule has 1 aliphatic rings. The second-order valence-electron chi connectivity index (χ2n) is 9.05. The summed E-state index contributed by atoms with van der Waals surface area (Å²) in [5.74, 6) is 0.102. The molecule has 0 saturated carbocycles. The van der Waals surface area contributed by atoms with Gasteiger partial charge in [0.2, 0.25) is 0 Å². The molecule has 3 aromatic carbocycles. The molecule has 1 saturated heterocycles. The number of likely N-dealkylation sites (tertiary alicyclic amines) is 1. The van der Waals surface area contributed by atoms with Crippen molar-refractivity contribution in [2.45, 2.75) is 31.8 Å². The standard InChI is InChI=1S/C28H28N2O3/c1-27(2,3)30-25(31)24(19-20-11-7-5-8-12-20)28(26(30)32,21-13-9-6-10-14-21)29-22-15-17-23(33-4)18-16-22/h5-19,29H,1-4H3. The first-order valence-corrected chi connectivity index (χ1v) is 10.9. The van der Waals surface area contributed by atoms with Crippen molar-refractivity contribution in [1.82, 2.24) is 4.90 Å². The molecule has 168 valence electrons. The fourth-order valence-electron chi connectivity index (χ4n) is 4.20. The van der Waals surface area contributed by atoms with Gasteiger partial charge >= 0.3 is 0 Å². The number of amides is 2. The van der Waals surface area contributed by atoms with E-state index in [0.29, 0.717) is 22.6 Å². The van der Waals surface area contributed by atoms with Crippen molar-refractivity contribution >= 4 is 23.6 Å². The third kappa shape index (κ3) is 4.02. The van der Waals surface area contributed by atoms with Crippen molar-refractivity contribution < 1.29 is 14.3 Å². The number of nitrogens with zero attached hydrogens (tertiary/aromatic N) is 1. The number of carbonyl (C=O) groups excluding carboxylic acids is 2. The minimum absolute atomic E-state index is 0.302. The Morgan fingerprint density at radius 3 is 1.97 bits per heavy atom. The van der Waals surface area contributed by atoms with E-state index in [9.17, 15) is 9.59 Å². The molecule has 1 atom stereocenters. The van der Waals surface area contributed by atoms with E-state index in [-0.39, 0.29) is 11.8 Å². The third-order valence-corrected chi connectivity index (χ3v) is 5.77. The highest BCUT2D eigenvalue weighted by atomic mass is 16.5. The van der Waals surface area contributed by atoms with Crippen molar-refractivity contribution in [2.75, 3.05) is 12.4 Å². The summed E-state index contributed by atoms with van der Waals surface area (Å²) in [5.41, 5.74) is 0.568. The molecule has 5 heteroatoms. The average molecular weight is 441 g/mol. The zero-order valence-electron chi connectivity index (χ0n) is 19.3. The topological polar surface area (TPSA) is 58.6 Å². The number of anilines is 1. The maximum absolute atomic E-state index is 14.2. The molecule has 0 aliphatic carbocycles. The SMILES string of the molecule is COc1ccc(NC2(c3ccccc3)C(=O)N(C(C)(C)C)C(=O)C2=Cc2ccccc2)cc1. The van der Waals surface area contributed by atoms with Gasteiger partial charge in [-0.3, -0.25) is 14.5 Å². The van der Waals surface area contributed by atoms with Crippen LogP contribution < -0.4 is 10.1 Å². The average Bonchev–Trinajstić information content (AvgIpc) is 3.02. The van der Waals surface area contributed by atoms with Gasteiger partial charge < -0.3 is 10.1 Å². The summed E-state index contributed by atoms with van der Waals surface area (Å²) in [4.78, 5) is 29.4. The van der Waals surface area contributed by atoms with Crippen LogP contribution in [0.4, 0.5) is 5.69 Å². The predicted octanol–water partition coefficient (Wildman–Crippen LogP) is 5.25. The van der Waals surface area contributed by atoms with Crippen molar-refractivity contribution in [3.63, 3.8) is 0 Å². The zero-order valence-corrected chi connectivity index (χ0v) is 19.3. The smallest absolute Gasteiger partial charge is 0.265 e. The maximum Gasteiger partial charge on any atom is 0.265 e. The fraction of sp³-hybridized carbons (Fsp3) is 0.214. The summed E-state index contributed by atoms with van der Waals surface area (Å²) in [6.45, 7) is 5.62. The Hall–Kier alpha value is -3.86. The zero-order chi connectivity index (χ0) is 23.6. The fourth-order valence-corrected chi connectivity index (χ4v) is 4.20. The summed E-state index contributed by atoms with van der Waals surface area (Å²) in [7, 11) is 1.61. The summed E-state index contributed by atoms with van der Waals surface area (Å²) in [6.07, 6.45) is 1.81. The maximum atomic E-state index is 14.2. The van der Waals surface area contributed by atoms with Crippen molar-refractivity contribution in [2.24, 2.45) is 0 Å². The van der Waals surface area contributed by atoms with Crippen molar-refractivity contribution in [3.8, 4) is 5.75 Å². The minimum Gasteiger partial charge on any atom is -0.497 e. The van der Waals surface area contributed by atoms with Crippen LogP contribution in [0.2, 0.25) is 0 Å². The first-order valence-electron chi connectivity index (χ1n) is 10.9. The number of hydrogen-bond acceptors (Lipinski definition) is 4. The number of methoxy groups -OCH3 is 1. The number of hydrogen-bond donors (Lipinski definition) is 1. The molecule has 1 N–H and O–H groups in total. The molecule has 3 aromatic rings. The van der Waals surface area contributed by atoms with Crippen LogP contribution >= 0.6 is 0 Å². The van der Waals surface area contributed by atoms with E-state index in [4.69, 9.17) is 4.74 Å². The molecule has 33 heavy (non-hydrogen) atoms. The van der Waals surface area contributed by atoms with E-state index in [0.717, 1.165) is 5.56 Å². The summed E-state index contributed by atoms with van der Waals surface area (Å²) in [5, 5.41) is 3.44. The van der Waals surface area contributed by atoms with Gasteiger partial charge in [0.1, 0.15) is 5.75 Å². The lowest BCUT2D eigenvalue weighted by atomic mass is 9.82. The molecular weight excluding hydrogens is 412 g/mol. The molecule has 1 unspecified atom stereocenters. The van der Waals surface area contributed by atoms with E-state index in [2.05, 4.69) is 5.32 Å². The minimum atomic E-state index is -1.38. The second-order valence-corrected chi connectivity index (χ2v) is 9.05. The Balaban J connectivity index is 1.98. The van der Waals surface area contributed by atoms with Gasteiger partial charge in [-0.05, 0) is 62.2 Å². The molecule has 1 heterocycles. The van der Waals surface area contributed by atoms with E-state index < -0.39 is 11.1 Å². The van der Waals surface area contributed by atoms with E-state index in [1.54, 1.807) is 7.11 Å². The van der Waals surface area contributed by atoms with Crippen LogP contribution in [0, 0.1) is 0 Å². The largest absolute Gasteiger partial charge is 0.497 e. The van der Waals surface area contributed by atoms with Crippen LogP contribution in [0.25, 0.3) is 6.08 Å². The van der Waals surface area contributed by atoms with Crippen molar-refractivity contribution in [3.05, 3.63) is 102 Å². The number of ether oxygens (including phenoxy) is 1. The number of carbonyl (C=O) groups is 2. The predicted molar refractivity (Wildman–Crippen MR) is 131 cm³/mol.